The molecule has 110 valence electrons. The fourth-order valence-electron chi connectivity index (χ4n) is 1.91. The third-order valence-electron chi connectivity index (χ3n) is 2.90. The topological polar surface area (TPSA) is 77.2 Å². The van der Waals surface area contributed by atoms with E-state index in [1.165, 1.54) is 0 Å². The van der Waals surface area contributed by atoms with Gasteiger partial charge in [-0.2, -0.15) is 0 Å². The van der Waals surface area contributed by atoms with Crippen LogP contribution >= 0.6 is 0 Å². The van der Waals surface area contributed by atoms with Crippen LogP contribution in [-0.2, 0) is 11.2 Å². The first-order valence-electron chi connectivity index (χ1n) is 6.82. The van der Waals surface area contributed by atoms with E-state index in [0.29, 0.717) is 29.4 Å². The largest absolute Gasteiger partial charge is 0.492 e. The van der Waals surface area contributed by atoms with Gasteiger partial charge in [0.2, 0.25) is 5.91 Å². The van der Waals surface area contributed by atoms with Crippen LogP contribution in [0.5, 0.6) is 5.75 Å². The number of carbonyl (C=O) groups is 1. The molecule has 0 saturated carbocycles. The van der Waals surface area contributed by atoms with Gasteiger partial charge in [0.1, 0.15) is 5.75 Å². The number of carbonyl (C=O) groups excluding carboxylic acids is 1. The lowest BCUT2D eigenvalue weighted by Crippen LogP contribution is -2.16. The predicted molar refractivity (Wildman–Crippen MR) is 83.3 cm³/mol. The maximum absolute atomic E-state index is 12.1. The zero-order valence-corrected chi connectivity index (χ0v) is 12.2. The van der Waals surface area contributed by atoms with Crippen LogP contribution in [-0.4, -0.2) is 17.5 Å². The molecule has 3 N–H and O–H groups in total. The normalized spacial score (nSPS) is 10.2. The van der Waals surface area contributed by atoms with Gasteiger partial charge in [0.25, 0.3) is 0 Å². The Morgan fingerprint density at radius 1 is 1.33 bits per heavy atom. The Hall–Kier alpha value is -2.56. The van der Waals surface area contributed by atoms with Gasteiger partial charge in [0, 0.05) is 5.69 Å². The van der Waals surface area contributed by atoms with E-state index in [0.717, 1.165) is 5.56 Å². The summed E-state index contributed by atoms with van der Waals surface area (Å²) < 4.78 is 5.54. The molecule has 1 aromatic heterocycles. The summed E-state index contributed by atoms with van der Waals surface area (Å²) in [7, 11) is 0. The number of anilines is 2. The number of rotatable bonds is 5. The predicted octanol–water partition coefficient (Wildman–Crippen LogP) is 2.55. The molecule has 5 nitrogen and oxygen atoms in total. The van der Waals surface area contributed by atoms with E-state index in [-0.39, 0.29) is 12.3 Å². The van der Waals surface area contributed by atoms with Crippen molar-refractivity contribution < 1.29 is 9.53 Å². The van der Waals surface area contributed by atoms with Crippen molar-refractivity contribution in [3.63, 3.8) is 0 Å². The number of nitrogens with zero attached hydrogens (tertiary/aromatic N) is 1. The number of benzene rings is 1. The Kier molecular flexibility index (Phi) is 4.77. The molecule has 0 spiro atoms. The lowest BCUT2D eigenvalue weighted by molar-refractivity contribution is -0.115. The number of nitrogens with two attached hydrogens (primary N) is 1. The summed E-state index contributed by atoms with van der Waals surface area (Å²) in [5, 5.41) is 2.85. The van der Waals surface area contributed by atoms with Crippen LogP contribution < -0.4 is 15.8 Å². The minimum absolute atomic E-state index is 0.142. The lowest BCUT2D eigenvalue weighted by atomic mass is 10.2. The van der Waals surface area contributed by atoms with Crippen molar-refractivity contribution in [2.45, 2.75) is 20.3 Å². The number of hydrogen-bond acceptors (Lipinski definition) is 4. The van der Waals surface area contributed by atoms with E-state index in [4.69, 9.17) is 10.5 Å². The number of aromatic nitrogens is 1. The summed E-state index contributed by atoms with van der Waals surface area (Å²) in [5.74, 6) is 0.535. The molecule has 2 rings (SSSR count). The molecular weight excluding hydrogens is 266 g/mol. The van der Waals surface area contributed by atoms with E-state index in [9.17, 15) is 4.79 Å². The summed E-state index contributed by atoms with van der Waals surface area (Å²) in [6, 6.07) is 9.15. The van der Waals surface area contributed by atoms with E-state index < -0.39 is 0 Å². The number of hydrogen-bond donors (Lipinski definition) is 2. The highest BCUT2D eigenvalue weighted by molar-refractivity contribution is 5.93. The molecule has 0 radical (unpaired) electrons. The van der Waals surface area contributed by atoms with Gasteiger partial charge < -0.3 is 15.8 Å². The number of ether oxygens (including phenoxy) is 1. The first-order valence-corrected chi connectivity index (χ1v) is 6.82. The Balaban J connectivity index is 2.07. The highest BCUT2D eigenvalue weighted by Gasteiger charge is 2.09. The molecule has 1 aromatic carbocycles. The fraction of sp³-hybridized carbons (Fsp3) is 0.250. The minimum Gasteiger partial charge on any atom is -0.492 e. The minimum atomic E-state index is -0.142. The van der Waals surface area contributed by atoms with Crippen molar-refractivity contribution in [2.24, 2.45) is 0 Å². The van der Waals surface area contributed by atoms with Crippen molar-refractivity contribution in [3.8, 4) is 5.75 Å². The van der Waals surface area contributed by atoms with E-state index in [1.54, 1.807) is 18.3 Å². The Morgan fingerprint density at radius 2 is 2.14 bits per heavy atom. The first kappa shape index (κ1) is 14.8. The maximum Gasteiger partial charge on any atom is 0.230 e. The summed E-state index contributed by atoms with van der Waals surface area (Å²) in [6.45, 7) is 4.44. The molecule has 0 fully saturated rings. The second kappa shape index (κ2) is 6.74. The number of pyridine rings is 1. The molecule has 1 amide bonds. The van der Waals surface area contributed by atoms with E-state index >= 15 is 0 Å². The summed E-state index contributed by atoms with van der Waals surface area (Å²) in [4.78, 5) is 16.2. The van der Waals surface area contributed by atoms with Gasteiger partial charge in [-0.05, 0) is 43.7 Å². The molecule has 0 bridgehead atoms. The second-order valence-electron chi connectivity index (χ2n) is 4.74. The average Bonchev–Trinajstić information content (AvgIpc) is 2.45. The van der Waals surface area contributed by atoms with Crippen molar-refractivity contribution in [1.82, 2.24) is 4.98 Å². The molecule has 5 heteroatoms. The van der Waals surface area contributed by atoms with Crippen LogP contribution in [0.2, 0.25) is 0 Å². The van der Waals surface area contributed by atoms with Gasteiger partial charge in [-0.15, -0.1) is 0 Å². The van der Waals surface area contributed by atoms with E-state index in [1.807, 2.05) is 32.0 Å². The highest BCUT2D eigenvalue weighted by atomic mass is 16.5. The van der Waals surface area contributed by atoms with Crippen molar-refractivity contribution in [1.29, 1.82) is 0 Å². The first-order chi connectivity index (χ1) is 10.1. The summed E-state index contributed by atoms with van der Waals surface area (Å²) in [6.07, 6.45) is 1.74. The van der Waals surface area contributed by atoms with Crippen LogP contribution in [0.25, 0.3) is 0 Å². The average molecular weight is 285 g/mol. The molecular formula is C16H19N3O2. The third-order valence-corrected chi connectivity index (χ3v) is 2.90. The van der Waals surface area contributed by atoms with E-state index in [2.05, 4.69) is 10.3 Å². The molecule has 0 unspecified atom stereocenters. The standard InChI is InChI=1S/C16H19N3O2/c1-3-21-15-8-11(2)4-7-14(15)19-16(20)9-13-6-5-12(17)10-18-13/h4-8,10H,3,9,17H2,1-2H3,(H,19,20). The number of amides is 1. The molecule has 0 aliphatic heterocycles. The van der Waals surface area contributed by atoms with Crippen molar-refractivity contribution >= 4 is 17.3 Å². The van der Waals surface area contributed by atoms with Crippen LogP contribution in [0, 0.1) is 6.92 Å². The highest BCUT2D eigenvalue weighted by Crippen LogP contribution is 2.25. The van der Waals surface area contributed by atoms with Gasteiger partial charge >= 0.3 is 0 Å². The van der Waals surface area contributed by atoms with Gasteiger partial charge in [-0.3, -0.25) is 9.78 Å². The zero-order valence-electron chi connectivity index (χ0n) is 12.2. The summed E-state index contributed by atoms with van der Waals surface area (Å²) in [5.41, 5.74) is 8.57. The Labute approximate surface area is 124 Å². The fourth-order valence-corrected chi connectivity index (χ4v) is 1.91. The molecule has 1 heterocycles. The van der Waals surface area contributed by atoms with Crippen molar-refractivity contribution in [2.75, 3.05) is 17.7 Å². The van der Waals surface area contributed by atoms with Gasteiger partial charge in [0.05, 0.1) is 30.6 Å². The Bertz CT molecular complexity index is 624. The third kappa shape index (κ3) is 4.21. The van der Waals surface area contributed by atoms with Crippen LogP contribution in [0.1, 0.15) is 18.2 Å². The maximum atomic E-state index is 12.1. The summed E-state index contributed by atoms with van der Waals surface area (Å²) >= 11 is 0. The van der Waals surface area contributed by atoms with Crippen LogP contribution in [0.4, 0.5) is 11.4 Å². The number of aryl methyl sites for hydroxylation is 1. The van der Waals surface area contributed by atoms with Crippen LogP contribution in [0.3, 0.4) is 0 Å². The molecule has 0 atom stereocenters. The number of nitrogens with one attached hydrogen (secondary N) is 1. The van der Waals surface area contributed by atoms with Gasteiger partial charge in [-0.1, -0.05) is 6.07 Å². The van der Waals surface area contributed by atoms with Crippen molar-refractivity contribution in [3.05, 3.63) is 47.8 Å². The SMILES string of the molecule is CCOc1cc(C)ccc1NC(=O)Cc1ccc(N)cn1. The molecule has 2 aromatic rings. The zero-order chi connectivity index (χ0) is 15.2. The molecule has 0 saturated heterocycles. The second-order valence-corrected chi connectivity index (χ2v) is 4.74. The monoisotopic (exact) mass is 285 g/mol. The van der Waals surface area contributed by atoms with Gasteiger partial charge in [0.15, 0.2) is 0 Å². The lowest BCUT2D eigenvalue weighted by Gasteiger charge is -2.12. The van der Waals surface area contributed by atoms with Crippen LogP contribution in [0.15, 0.2) is 36.5 Å². The Morgan fingerprint density at radius 3 is 2.81 bits per heavy atom. The van der Waals surface area contributed by atoms with Gasteiger partial charge in [-0.25, -0.2) is 0 Å². The molecule has 0 aliphatic carbocycles. The number of nitrogen functional groups attached to an aromatic ring is 1. The molecule has 0 aliphatic rings. The smallest absolute Gasteiger partial charge is 0.230 e. The quantitative estimate of drug-likeness (QED) is 0.885. The molecule has 21 heavy (non-hydrogen) atoms.